The standard InChI is InChI=1S/C24H24N6O2/c1-16-7-9-17(10-8-16)15-30-22-20(27-28-30)23(31)26-21(25-22)18-11-13-29(14-12-18)24(32)19-5-3-2-4-6-19/h2-10,18H,11-15H2,1H3,(H,25,26,31). The number of H-pyrrole nitrogens is 1. The van der Waals surface area contributed by atoms with Crippen LogP contribution >= 0.6 is 0 Å². The Hall–Kier alpha value is -3.81. The van der Waals surface area contributed by atoms with Gasteiger partial charge in [0.05, 0.1) is 6.54 Å². The Morgan fingerprint density at radius 2 is 1.78 bits per heavy atom. The molecule has 3 heterocycles. The zero-order chi connectivity index (χ0) is 22.1. The number of hydrogen-bond acceptors (Lipinski definition) is 5. The number of aromatic amines is 1. The first-order chi connectivity index (χ1) is 15.6. The maximum atomic E-state index is 12.7. The van der Waals surface area contributed by atoms with E-state index in [1.807, 2.05) is 66.4 Å². The summed E-state index contributed by atoms with van der Waals surface area (Å²) >= 11 is 0. The van der Waals surface area contributed by atoms with Crippen LogP contribution in [0, 0.1) is 6.92 Å². The van der Waals surface area contributed by atoms with Crippen molar-refractivity contribution in [1.29, 1.82) is 0 Å². The molecule has 1 aliphatic rings. The normalized spacial score (nSPS) is 14.7. The predicted molar refractivity (Wildman–Crippen MR) is 121 cm³/mol. The SMILES string of the molecule is Cc1ccc(Cn2nnc3c(=O)[nH]c(C4CCN(C(=O)c5ccccc5)CC4)nc32)cc1. The lowest BCUT2D eigenvalue weighted by molar-refractivity contribution is 0.0711. The van der Waals surface area contributed by atoms with Crippen LogP contribution in [-0.4, -0.2) is 48.9 Å². The molecule has 0 saturated carbocycles. The fourth-order valence-electron chi connectivity index (χ4n) is 4.17. The van der Waals surface area contributed by atoms with Gasteiger partial charge < -0.3 is 9.88 Å². The summed E-state index contributed by atoms with van der Waals surface area (Å²) in [5.74, 6) is 0.762. The largest absolute Gasteiger partial charge is 0.339 e. The van der Waals surface area contributed by atoms with Crippen LogP contribution in [0.5, 0.6) is 0 Å². The third-order valence-corrected chi connectivity index (χ3v) is 6.03. The van der Waals surface area contributed by atoms with Gasteiger partial charge >= 0.3 is 0 Å². The molecule has 2 aromatic carbocycles. The van der Waals surface area contributed by atoms with Gasteiger partial charge in [-0.2, -0.15) is 0 Å². The van der Waals surface area contributed by atoms with Crippen molar-refractivity contribution in [2.45, 2.75) is 32.2 Å². The number of nitrogens with zero attached hydrogens (tertiary/aromatic N) is 5. The highest BCUT2D eigenvalue weighted by atomic mass is 16.2. The van der Waals surface area contributed by atoms with Gasteiger partial charge in [-0.05, 0) is 37.5 Å². The Bertz CT molecular complexity index is 1300. The summed E-state index contributed by atoms with van der Waals surface area (Å²) in [5, 5.41) is 8.20. The van der Waals surface area contributed by atoms with E-state index in [-0.39, 0.29) is 22.9 Å². The zero-order valence-electron chi connectivity index (χ0n) is 17.9. The summed E-state index contributed by atoms with van der Waals surface area (Å²) in [5.41, 5.74) is 3.42. The van der Waals surface area contributed by atoms with Crippen molar-refractivity contribution in [2.75, 3.05) is 13.1 Å². The summed E-state index contributed by atoms with van der Waals surface area (Å²) in [6.07, 6.45) is 1.49. The second-order valence-corrected chi connectivity index (χ2v) is 8.29. The van der Waals surface area contributed by atoms with Crippen molar-refractivity contribution >= 4 is 17.1 Å². The van der Waals surface area contributed by atoms with Crippen molar-refractivity contribution in [3.05, 3.63) is 87.5 Å². The molecule has 32 heavy (non-hydrogen) atoms. The molecule has 8 heteroatoms. The third kappa shape index (κ3) is 3.91. The maximum absolute atomic E-state index is 12.7. The molecule has 8 nitrogen and oxygen atoms in total. The number of nitrogens with one attached hydrogen (secondary N) is 1. The van der Waals surface area contributed by atoms with E-state index in [0.717, 1.165) is 18.4 Å². The lowest BCUT2D eigenvalue weighted by Gasteiger charge is -2.31. The van der Waals surface area contributed by atoms with E-state index >= 15 is 0 Å². The smallest absolute Gasteiger partial charge is 0.281 e. The second kappa shape index (κ2) is 8.37. The first kappa shape index (κ1) is 20.1. The average Bonchev–Trinajstić information content (AvgIpc) is 3.24. The highest BCUT2D eigenvalue weighted by Crippen LogP contribution is 2.26. The maximum Gasteiger partial charge on any atom is 0.281 e. The van der Waals surface area contributed by atoms with E-state index < -0.39 is 0 Å². The Kier molecular flexibility index (Phi) is 5.26. The molecular formula is C24H24N6O2. The second-order valence-electron chi connectivity index (χ2n) is 8.29. The van der Waals surface area contributed by atoms with Crippen LogP contribution in [0.2, 0.25) is 0 Å². The molecule has 0 atom stereocenters. The summed E-state index contributed by atoms with van der Waals surface area (Å²) in [4.78, 5) is 34.8. The molecule has 1 N–H and O–H groups in total. The Labute approximate surface area is 184 Å². The number of fused-ring (bicyclic) bond motifs is 1. The number of carbonyl (C=O) groups is 1. The monoisotopic (exact) mass is 428 g/mol. The number of rotatable bonds is 4. The van der Waals surface area contributed by atoms with Crippen LogP contribution in [0.3, 0.4) is 0 Å². The van der Waals surface area contributed by atoms with Crippen molar-refractivity contribution in [2.24, 2.45) is 0 Å². The molecule has 1 amide bonds. The molecule has 0 aliphatic carbocycles. The van der Waals surface area contributed by atoms with Crippen LogP contribution in [-0.2, 0) is 6.54 Å². The minimum absolute atomic E-state index is 0.0429. The van der Waals surface area contributed by atoms with Gasteiger partial charge in [0, 0.05) is 24.6 Å². The quantitative estimate of drug-likeness (QED) is 0.539. The summed E-state index contributed by atoms with van der Waals surface area (Å²) in [7, 11) is 0. The van der Waals surface area contributed by atoms with Crippen LogP contribution in [0.25, 0.3) is 11.2 Å². The number of likely N-dealkylation sites (tertiary alicyclic amines) is 1. The number of hydrogen-bond donors (Lipinski definition) is 1. The third-order valence-electron chi connectivity index (χ3n) is 6.03. The van der Waals surface area contributed by atoms with Gasteiger partial charge in [0.15, 0.2) is 11.2 Å². The molecule has 4 aromatic rings. The molecule has 1 fully saturated rings. The molecule has 0 unspecified atom stereocenters. The van der Waals surface area contributed by atoms with Gasteiger partial charge in [0.2, 0.25) is 0 Å². The van der Waals surface area contributed by atoms with Crippen molar-refractivity contribution in [1.82, 2.24) is 29.9 Å². The minimum Gasteiger partial charge on any atom is -0.339 e. The number of benzene rings is 2. The van der Waals surface area contributed by atoms with E-state index in [2.05, 4.69) is 15.3 Å². The zero-order valence-corrected chi connectivity index (χ0v) is 17.9. The van der Waals surface area contributed by atoms with Crippen LogP contribution in [0.4, 0.5) is 0 Å². The lowest BCUT2D eigenvalue weighted by atomic mass is 9.95. The number of aryl methyl sites for hydroxylation is 1. The van der Waals surface area contributed by atoms with E-state index in [4.69, 9.17) is 4.98 Å². The van der Waals surface area contributed by atoms with Crippen molar-refractivity contribution < 1.29 is 4.79 Å². The molecule has 0 bridgehead atoms. The van der Waals surface area contributed by atoms with Gasteiger partial charge in [0.1, 0.15) is 5.82 Å². The highest BCUT2D eigenvalue weighted by molar-refractivity contribution is 5.94. The minimum atomic E-state index is -0.275. The first-order valence-corrected chi connectivity index (χ1v) is 10.8. The highest BCUT2D eigenvalue weighted by Gasteiger charge is 2.27. The molecule has 2 aromatic heterocycles. The van der Waals surface area contributed by atoms with E-state index in [0.29, 0.717) is 36.7 Å². The molecule has 1 saturated heterocycles. The van der Waals surface area contributed by atoms with Gasteiger partial charge in [-0.25, -0.2) is 9.67 Å². The first-order valence-electron chi connectivity index (χ1n) is 10.8. The molecule has 0 spiro atoms. The molecule has 1 aliphatic heterocycles. The number of carbonyl (C=O) groups excluding carboxylic acids is 1. The molecule has 5 rings (SSSR count). The van der Waals surface area contributed by atoms with Crippen LogP contribution in [0.15, 0.2) is 59.4 Å². The van der Waals surface area contributed by atoms with Gasteiger partial charge in [-0.15, -0.1) is 5.10 Å². The summed E-state index contributed by atoms with van der Waals surface area (Å²) < 4.78 is 1.67. The van der Waals surface area contributed by atoms with Crippen LogP contribution in [0.1, 0.15) is 46.1 Å². The molecule has 0 radical (unpaired) electrons. The summed E-state index contributed by atoms with van der Waals surface area (Å²) in [6, 6.07) is 17.5. The van der Waals surface area contributed by atoms with Gasteiger partial charge in [-0.3, -0.25) is 9.59 Å². The topological polar surface area (TPSA) is 96.8 Å². The fraction of sp³-hybridized carbons (Fsp3) is 0.292. The number of piperidine rings is 1. The van der Waals surface area contributed by atoms with Crippen molar-refractivity contribution in [3.8, 4) is 0 Å². The number of aromatic nitrogens is 5. The van der Waals surface area contributed by atoms with Gasteiger partial charge in [0.25, 0.3) is 11.5 Å². The van der Waals surface area contributed by atoms with Gasteiger partial charge in [-0.1, -0.05) is 53.2 Å². The fourth-order valence-corrected chi connectivity index (χ4v) is 4.17. The van der Waals surface area contributed by atoms with Crippen molar-refractivity contribution in [3.63, 3.8) is 0 Å². The number of amides is 1. The summed E-state index contributed by atoms with van der Waals surface area (Å²) in [6.45, 7) is 3.79. The Morgan fingerprint density at radius 1 is 1.06 bits per heavy atom. The Morgan fingerprint density at radius 3 is 2.50 bits per heavy atom. The average molecular weight is 428 g/mol. The van der Waals surface area contributed by atoms with E-state index in [1.165, 1.54) is 5.56 Å². The van der Waals surface area contributed by atoms with Crippen LogP contribution < -0.4 is 5.56 Å². The Balaban J connectivity index is 1.35. The van der Waals surface area contributed by atoms with E-state index in [9.17, 15) is 9.59 Å². The predicted octanol–water partition coefficient (Wildman–Crippen LogP) is 2.89. The van der Waals surface area contributed by atoms with E-state index in [1.54, 1.807) is 4.68 Å². The lowest BCUT2D eigenvalue weighted by Crippen LogP contribution is -2.38. The molecular weight excluding hydrogens is 404 g/mol. The molecule has 162 valence electrons.